The van der Waals surface area contributed by atoms with Gasteiger partial charge in [0.15, 0.2) is 0 Å². The van der Waals surface area contributed by atoms with Crippen LogP contribution in [0, 0.1) is 5.92 Å². The van der Waals surface area contributed by atoms with Crippen molar-refractivity contribution in [1.29, 1.82) is 0 Å². The van der Waals surface area contributed by atoms with Gasteiger partial charge in [0, 0.05) is 25.2 Å². The number of rotatable bonds is 3. The van der Waals surface area contributed by atoms with Gasteiger partial charge in [-0.25, -0.2) is 0 Å². The van der Waals surface area contributed by atoms with Gasteiger partial charge in [-0.2, -0.15) is 0 Å². The summed E-state index contributed by atoms with van der Waals surface area (Å²) in [6.07, 6.45) is 6.21. The zero-order valence-corrected chi connectivity index (χ0v) is 11.4. The lowest BCUT2D eigenvalue weighted by Gasteiger charge is -2.39. The molecular weight excluding hydrogens is 212 g/mol. The molecule has 100 valence electrons. The number of aliphatic hydroxyl groups excluding tert-OH is 1. The second kappa shape index (κ2) is 6.17. The highest BCUT2D eigenvalue weighted by Crippen LogP contribution is 2.21. The van der Waals surface area contributed by atoms with E-state index in [-0.39, 0.29) is 6.10 Å². The average Bonchev–Trinajstić information content (AvgIpc) is 2.34. The summed E-state index contributed by atoms with van der Waals surface area (Å²) in [6.45, 7) is 7.85. The minimum Gasteiger partial charge on any atom is -0.393 e. The van der Waals surface area contributed by atoms with E-state index >= 15 is 0 Å². The third-order valence-electron chi connectivity index (χ3n) is 4.55. The standard InChI is InChI=1S/C14H28N2O/c1-11-10-16(8-6-14(11)17)12(2)9-13-5-3-4-7-15-13/h11-15,17H,3-10H2,1-2H3. The molecule has 0 aliphatic carbocycles. The highest BCUT2D eigenvalue weighted by Gasteiger charge is 2.28. The smallest absolute Gasteiger partial charge is 0.0590 e. The Morgan fingerprint density at radius 1 is 1.35 bits per heavy atom. The SMILES string of the molecule is CC1CN(C(C)CC2CCCCN2)CCC1O. The molecule has 2 saturated heterocycles. The molecule has 2 heterocycles. The molecule has 4 atom stereocenters. The van der Waals surface area contributed by atoms with Gasteiger partial charge >= 0.3 is 0 Å². The van der Waals surface area contributed by atoms with Gasteiger partial charge in [0.25, 0.3) is 0 Å². The second-order valence-electron chi connectivity index (χ2n) is 6.06. The van der Waals surface area contributed by atoms with Crippen LogP contribution in [0.15, 0.2) is 0 Å². The monoisotopic (exact) mass is 240 g/mol. The largest absolute Gasteiger partial charge is 0.393 e. The van der Waals surface area contributed by atoms with Crippen LogP contribution < -0.4 is 5.32 Å². The summed E-state index contributed by atoms with van der Waals surface area (Å²) in [5.74, 6) is 0.436. The topological polar surface area (TPSA) is 35.5 Å². The van der Waals surface area contributed by atoms with Gasteiger partial charge in [-0.3, -0.25) is 0 Å². The van der Waals surface area contributed by atoms with E-state index in [0.717, 1.165) is 25.6 Å². The van der Waals surface area contributed by atoms with Crippen molar-refractivity contribution in [2.24, 2.45) is 5.92 Å². The van der Waals surface area contributed by atoms with Crippen molar-refractivity contribution in [2.45, 2.75) is 64.1 Å². The van der Waals surface area contributed by atoms with Crippen molar-refractivity contribution in [1.82, 2.24) is 10.2 Å². The van der Waals surface area contributed by atoms with Crippen molar-refractivity contribution >= 4 is 0 Å². The van der Waals surface area contributed by atoms with Crippen LogP contribution in [0.3, 0.4) is 0 Å². The zero-order valence-electron chi connectivity index (χ0n) is 11.4. The van der Waals surface area contributed by atoms with E-state index in [1.165, 1.54) is 32.2 Å². The highest BCUT2D eigenvalue weighted by molar-refractivity contribution is 4.83. The van der Waals surface area contributed by atoms with Gasteiger partial charge in [0.1, 0.15) is 0 Å². The van der Waals surface area contributed by atoms with Crippen LogP contribution in [0.1, 0.15) is 46.0 Å². The summed E-state index contributed by atoms with van der Waals surface area (Å²) < 4.78 is 0. The van der Waals surface area contributed by atoms with E-state index in [0.29, 0.717) is 12.0 Å². The first-order chi connectivity index (χ1) is 8.16. The lowest BCUT2D eigenvalue weighted by molar-refractivity contribution is 0.0166. The summed E-state index contributed by atoms with van der Waals surface area (Å²) >= 11 is 0. The molecule has 17 heavy (non-hydrogen) atoms. The lowest BCUT2D eigenvalue weighted by atomic mass is 9.93. The summed E-state index contributed by atoms with van der Waals surface area (Å²) in [6, 6.07) is 1.38. The molecule has 0 amide bonds. The van der Waals surface area contributed by atoms with Crippen LogP contribution in [0.2, 0.25) is 0 Å². The van der Waals surface area contributed by atoms with Crippen molar-refractivity contribution < 1.29 is 5.11 Å². The molecule has 0 radical (unpaired) electrons. The van der Waals surface area contributed by atoms with Crippen molar-refractivity contribution in [3.8, 4) is 0 Å². The van der Waals surface area contributed by atoms with E-state index in [9.17, 15) is 5.11 Å². The maximum absolute atomic E-state index is 9.76. The molecule has 0 aromatic rings. The minimum atomic E-state index is -0.0775. The van der Waals surface area contributed by atoms with Gasteiger partial charge in [-0.1, -0.05) is 13.3 Å². The molecule has 0 bridgehead atoms. The van der Waals surface area contributed by atoms with Gasteiger partial charge in [-0.15, -0.1) is 0 Å². The quantitative estimate of drug-likeness (QED) is 0.787. The average molecular weight is 240 g/mol. The van der Waals surface area contributed by atoms with Crippen LogP contribution in [0.25, 0.3) is 0 Å². The van der Waals surface area contributed by atoms with Crippen LogP contribution in [0.5, 0.6) is 0 Å². The molecule has 2 rings (SSSR count). The van der Waals surface area contributed by atoms with Crippen LogP contribution in [-0.4, -0.2) is 47.8 Å². The number of likely N-dealkylation sites (tertiary alicyclic amines) is 1. The fourth-order valence-corrected chi connectivity index (χ4v) is 3.25. The minimum absolute atomic E-state index is 0.0775. The fourth-order valence-electron chi connectivity index (χ4n) is 3.25. The Bertz CT molecular complexity index is 228. The lowest BCUT2D eigenvalue weighted by Crippen LogP contribution is -2.48. The first-order valence-corrected chi connectivity index (χ1v) is 7.32. The Morgan fingerprint density at radius 3 is 2.82 bits per heavy atom. The second-order valence-corrected chi connectivity index (χ2v) is 6.06. The first-order valence-electron chi connectivity index (χ1n) is 7.32. The molecule has 2 N–H and O–H groups in total. The van der Waals surface area contributed by atoms with Gasteiger partial charge in [-0.05, 0) is 45.1 Å². The molecule has 4 unspecified atom stereocenters. The number of aliphatic hydroxyl groups is 1. The van der Waals surface area contributed by atoms with E-state index < -0.39 is 0 Å². The molecule has 0 saturated carbocycles. The van der Waals surface area contributed by atoms with E-state index in [2.05, 4.69) is 24.1 Å². The van der Waals surface area contributed by atoms with Crippen LogP contribution >= 0.6 is 0 Å². The van der Waals surface area contributed by atoms with Crippen LogP contribution in [-0.2, 0) is 0 Å². The Balaban J connectivity index is 1.77. The molecule has 2 fully saturated rings. The van der Waals surface area contributed by atoms with Crippen molar-refractivity contribution in [3.63, 3.8) is 0 Å². The zero-order chi connectivity index (χ0) is 12.3. The number of piperidine rings is 2. The fraction of sp³-hybridized carbons (Fsp3) is 1.00. The first kappa shape index (κ1) is 13.3. The van der Waals surface area contributed by atoms with Crippen LogP contribution in [0.4, 0.5) is 0 Å². The van der Waals surface area contributed by atoms with E-state index in [1.807, 2.05) is 0 Å². The van der Waals surface area contributed by atoms with Crippen molar-refractivity contribution in [2.75, 3.05) is 19.6 Å². The molecular formula is C14H28N2O. The summed E-state index contributed by atoms with van der Waals surface area (Å²) in [5, 5.41) is 13.4. The molecule has 2 aliphatic heterocycles. The Kier molecular flexibility index (Phi) is 4.83. The normalized spacial score (nSPS) is 37.9. The maximum atomic E-state index is 9.76. The Morgan fingerprint density at radius 2 is 2.18 bits per heavy atom. The third kappa shape index (κ3) is 3.67. The molecule has 2 aliphatic rings. The molecule has 3 nitrogen and oxygen atoms in total. The van der Waals surface area contributed by atoms with Crippen molar-refractivity contribution in [3.05, 3.63) is 0 Å². The Hall–Kier alpha value is -0.120. The summed E-state index contributed by atoms with van der Waals surface area (Å²) in [4.78, 5) is 2.56. The van der Waals surface area contributed by atoms with E-state index in [1.54, 1.807) is 0 Å². The maximum Gasteiger partial charge on any atom is 0.0590 e. The number of nitrogens with zero attached hydrogens (tertiary/aromatic N) is 1. The van der Waals surface area contributed by atoms with Gasteiger partial charge in [0.2, 0.25) is 0 Å². The highest BCUT2D eigenvalue weighted by atomic mass is 16.3. The molecule has 0 aromatic carbocycles. The predicted molar refractivity (Wildman–Crippen MR) is 71.1 cm³/mol. The van der Waals surface area contributed by atoms with Gasteiger partial charge in [0.05, 0.1) is 6.10 Å². The molecule has 3 heteroatoms. The summed E-state index contributed by atoms with van der Waals surface area (Å²) in [7, 11) is 0. The third-order valence-corrected chi connectivity index (χ3v) is 4.55. The number of hydrogen-bond acceptors (Lipinski definition) is 3. The molecule has 0 spiro atoms. The number of nitrogens with one attached hydrogen (secondary N) is 1. The number of hydrogen-bond donors (Lipinski definition) is 2. The van der Waals surface area contributed by atoms with Gasteiger partial charge < -0.3 is 15.3 Å². The summed E-state index contributed by atoms with van der Waals surface area (Å²) in [5.41, 5.74) is 0. The van der Waals surface area contributed by atoms with E-state index in [4.69, 9.17) is 0 Å². The predicted octanol–water partition coefficient (Wildman–Crippen LogP) is 1.61. The Labute approximate surface area is 106 Å². The molecule has 0 aromatic heterocycles.